The monoisotopic (exact) mass is 226 g/mol. The summed E-state index contributed by atoms with van der Waals surface area (Å²) >= 11 is 0. The van der Waals surface area contributed by atoms with E-state index in [9.17, 15) is 0 Å². The molecule has 2 heterocycles. The fourth-order valence-electron chi connectivity index (χ4n) is 1.60. The van der Waals surface area contributed by atoms with E-state index in [0.29, 0.717) is 13.2 Å². The minimum absolute atomic E-state index is 0.210. The number of hydrogen-bond donors (Lipinski definition) is 1. The highest BCUT2D eigenvalue weighted by Gasteiger charge is 2.16. The van der Waals surface area contributed by atoms with Gasteiger partial charge in [0.05, 0.1) is 18.4 Å². The van der Waals surface area contributed by atoms with Crippen LogP contribution in [0.2, 0.25) is 0 Å². The minimum atomic E-state index is 0.210. The Morgan fingerprint density at radius 2 is 2.56 bits per heavy atom. The standard InChI is InChI=1S/C11H18N2O3/c1-2-12-6-9-5-11(16-13-9)8-15-10-3-4-14-7-10/h5,10,12H,2-4,6-8H2,1H3. The maximum Gasteiger partial charge on any atom is 0.162 e. The van der Waals surface area contributed by atoms with E-state index in [-0.39, 0.29) is 6.10 Å². The zero-order chi connectivity index (χ0) is 11.2. The van der Waals surface area contributed by atoms with Gasteiger partial charge in [0, 0.05) is 19.2 Å². The first-order chi connectivity index (χ1) is 7.88. The first-order valence-corrected chi connectivity index (χ1v) is 5.73. The van der Waals surface area contributed by atoms with E-state index in [1.54, 1.807) is 0 Å². The average molecular weight is 226 g/mol. The van der Waals surface area contributed by atoms with Crippen LogP contribution in [-0.4, -0.2) is 31.0 Å². The molecule has 0 aliphatic carbocycles. The maximum atomic E-state index is 5.63. The van der Waals surface area contributed by atoms with E-state index in [1.165, 1.54) is 0 Å². The van der Waals surface area contributed by atoms with Crippen molar-refractivity contribution in [2.75, 3.05) is 19.8 Å². The smallest absolute Gasteiger partial charge is 0.162 e. The number of rotatable bonds is 6. The van der Waals surface area contributed by atoms with Crippen LogP contribution in [-0.2, 0) is 22.6 Å². The number of ether oxygens (including phenoxy) is 2. The third-order valence-electron chi connectivity index (χ3n) is 2.51. The average Bonchev–Trinajstić information content (AvgIpc) is 2.95. The predicted molar refractivity (Wildman–Crippen MR) is 57.9 cm³/mol. The van der Waals surface area contributed by atoms with Crippen LogP contribution in [0.25, 0.3) is 0 Å². The van der Waals surface area contributed by atoms with Gasteiger partial charge in [-0.05, 0) is 13.0 Å². The van der Waals surface area contributed by atoms with E-state index < -0.39 is 0 Å². The summed E-state index contributed by atoms with van der Waals surface area (Å²) in [5, 5.41) is 7.14. The Bertz CT molecular complexity index is 308. The predicted octanol–water partition coefficient (Wildman–Crippen LogP) is 1.09. The van der Waals surface area contributed by atoms with Crippen molar-refractivity contribution in [3.8, 4) is 0 Å². The van der Waals surface area contributed by atoms with Crippen molar-refractivity contribution in [1.29, 1.82) is 0 Å². The van der Waals surface area contributed by atoms with Gasteiger partial charge in [-0.25, -0.2) is 0 Å². The number of hydrogen-bond acceptors (Lipinski definition) is 5. The van der Waals surface area contributed by atoms with Crippen molar-refractivity contribution in [2.45, 2.75) is 32.6 Å². The van der Waals surface area contributed by atoms with Crippen molar-refractivity contribution in [3.05, 3.63) is 17.5 Å². The third kappa shape index (κ3) is 3.30. The normalized spacial score (nSPS) is 20.4. The van der Waals surface area contributed by atoms with Crippen molar-refractivity contribution in [3.63, 3.8) is 0 Å². The Balaban J connectivity index is 1.73. The van der Waals surface area contributed by atoms with Gasteiger partial charge in [-0.2, -0.15) is 0 Å². The number of nitrogens with zero attached hydrogens (tertiary/aromatic N) is 1. The molecule has 0 radical (unpaired) electrons. The van der Waals surface area contributed by atoms with Gasteiger partial charge in [0.15, 0.2) is 5.76 Å². The molecule has 1 N–H and O–H groups in total. The van der Waals surface area contributed by atoms with Gasteiger partial charge in [0.25, 0.3) is 0 Å². The highest BCUT2D eigenvalue weighted by molar-refractivity contribution is 5.04. The van der Waals surface area contributed by atoms with Crippen LogP contribution in [0.5, 0.6) is 0 Å². The molecular weight excluding hydrogens is 208 g/mol. The van der Waals surface area contributed by atoms with Gasteiger partial charge in [-0.1, -0.05) is 12.1 Å². The SMILES string of the molecule is CCNCc1cc(COC2CCOC2)on1. The summed E-state index contributed by atoms with van der Waals surface area (Å²) in [5.41, 5.74) is 0.920. The molecule has 1 aliphatic rings. The van der Waals surface area contributed by atoms with Crippen LogP contribution in [0.4, 0.5) is 0 Å². The van der Waals surface area contributed by atoms with Gasteiger partial charge >= 0.3 is 0 Å². The van der Waals surface area contributed by atoms with Gasteiger partial charge in [0.2, 0.25) is 0 Å². The molecule has 5 heteroatoms. The highest BCUT2D eigenvalue weighted by Crippen LogP contribution is 2.12. The molecule has 5 nitrogen and oxygen atoms in total. The lowest BCUT2D eigenvalue weighted by atomic mass is 10.3. The minimum Gasteiger partial charge on any atom is -0.379 e. The zero-order valence-corrected chi connectivity index (χ0v) is 9.57. The molecule has 16 heavy (non-hydrogen) atoms. The van der Waals surface area contributed by atoms with Crippen molar-refractivity contribution in [1.82, 2.24) is 10.5 Å². The lowest BCUT2D eigenvalue weighted by molar-refractivity contribution is 0.0212. The molecule has 1 unspecified atom stereocenters. The van der Waals surface area contributed by atoms with Crippen LogP contribution in [0.15, 0.2) is 10.6 Å². The summed E-state index contributed by atoms with van der Waals surface area (Å²) in [6.07, 6.45) is 1.18. The van der Waals surface area contributed by atoms with Crippen LogP contribution in [0, 0.1) is 0 Å². The molecule has 1 aliphatic heterocycles. The Labute approximate surface area is 95.1 Å². The fraction of sp³-hybridized carbons (Fsp3) is 0.727. The van der Waals surface area contributed by atoms with E-state index >= 15 is 0 Å². The molecule has 0 aromatic carbocycles. The first-order valence-electron chi connectivity index (χ1n) is 5.73. The number of aromatic nitrogens is 1. The quantitative estimate of drug-likeness (QED) is 0.787. The summed E-state index contributed by atoms with van der Waals surface area (Å²) in [4.78, 5) is 0. The van der Waals surface area contributed by atoms with Gasteiger partial charge in [-0.3, -0.25) is 0 Å². The molecule has 2 rings (SSSR count). The second kappa shape index (κ2) is 5.98. The molecule has 1 fully saturated rings. The van der Waals surface area contributed by atoms with E-state index in [4.69, 9.17) is 14.0 Å². The van der Waals surface area contributed by atoms with E-state index in [2.05, 4.69) is 17.4 Å². The van der Waals surface area contributed by atoms with Crippen molar-refractivity contribution < 1.29 is 14.0 Å². The van der Waals surface area contributed by atoms with Crippen LogP contribution in [0.3, 0.4) is 0 Å². The van der Waals surface area contributed by atoms with E-state index in [1.807, 2.05) is 6.07 Å². The highest BCUT2D eigenvalue weighted by atomic mass is 16.6. The molecule has 90 valence electrons. The molecule has 0 amide bonds. The topological polar surface area (TPSA) is 56.5 Å². The number of nitrogens with one attached hydrogen (secondary N) is 1. The summed E-state index contributed by atoms with van der Waals surface area (Å²) in [6.45, 7) is 5.70. The second-order valence-corrected chi connectivity index (χ2v) is 3.86. The second-order valence-electron chi connectivity index (χ2n) is 3.86. The largest absolute Gasteiger partial charge is 0.379 e. The first kappa shape index (κ1) is 11.6. The van der Waals surface area contributed by atoms with Crippen LogP contribution < -0.4 is 5.32 Å². The third-order valence-corrected chi connectivity index (χ3v) is 2.51. The summed E-state index contributed by atoms with van der Waals surface area (Å²) in [7, 11) is 0. The molecule has 1 atom stereocenters. The van der Waals surface area contributed by atoms with Crippen molar-refractivity contribution in [2.24, 2.45) is 0 Å². The molecule has 1 aromatic heterocycles. The lowest BCUT2D eigenvalue weighted by Crippen LogP contribution is -2.12. The molecule has 0 saturated carbocycles. The summed E-state index contributed by atoms with van der Waals surface area (Å²) in [5.74, 6) is 0.778. The fourth-order valence-corrected chi connectivity index (χ4v) is 1.60. The molecule has 1 saturated heterocycles. The molecule has 0 bridgehead atoms. The van der Waals surface area contributed by atoms with Gasteiger partial charge in [0.1, 0.15) is 6.61 Å². The maximum absolute atomic E-state index is 5.63. The van der Waals surface area contributed by atoms with E-state index in [0.717, 1.165) is 37.6 Å². The van der Waals surface area contributed by atoms with Crippen LogP contribution in [0.1, 0.15) is 24.8 Å². The molecular formula is C11H18N2O3. The summed E-state index contributed by atoms with van der Waals surface area (Å²) < 4.78 is 16.0. The Hall–Kier alpha value is -0.910. The Morgan fingerprint density at radius 1 is 1.62 bits per heavy atom. The van der Waals surface area contributed by atoms with Gasteiger partial charge < -0.3 is 19.3 Å². The Morgan fingerprint density at radius 3 is 3.31 bits per heavy atom. The van der Waals surface area contributed by atoms with Gasteiger partial charge in [-0.15, -0.1) is 0 Å². The summed E-state index contributed by atoms with van der Waals surface area (Å²) in [6, 6.07) is 1.93. The van der Waals surface area contributed by atoms with Crippen molar-refractivity contribution >= 4 is 0 Å². The Kier molecular flexibility index (Phi) is 4.33. The zero-order valence-electron chi connectivity index (χ0n) is 9.57. The lowest BCUT2D eigenvalue weighted by Gasteiger charge is -2.06. The van der Waals surface area contributed by atoms with Crippen LogP contribution >= 0.6 is 0 Å². The molecule has 0 spiro atoms. The molecule has 1 aromatic rings.